The maximum absolute atomic E-state index is 12.8. The van der Waals surface area contributed by atoms with Crippen LogP contribution >= 0.6 is 0 Å². The molecule has 1 aliphatic heterocycles. The molecule has 35 heavy (non-hydrogen) atoms. The van der Waals surface area contributed by atoms with Gasteiger partial charge in [-0.25, -0.2) is 0 Å². The largest absolute Gasteiger partial charge is 0.481 e. The molecule has 4 heteroatoms. The summed E-state index contributed by atoms with van der Waals surface area (Å²) >= 11 is 0. The second-order valence-corrected chi connectivity index (χ2v) is 15.3. The molecular formula is C31H46N2O2. The summed E-state index contributed by atoms with van der Waals surface area (Å²) in [5, 5.41) is 10.6. The minimum Gasteiger partial charge on any atom is -0.481 e. The van der Waals surface area contributed by atoms with Gasteiger partial charge in [0.05, 0.1) is 16.8 Å². The Kier molecular flexibility index (Phi) is 4.71. The summed E-state index contributed by atoms with van der Waals surface area (Å²) < 4.78 is 0. The molecule has 0 radical (unpaired) electrons. The van der Waals surface area contributed by atoms with E-state index in [-0.39, 0.29) is 33.0 Å². The third-order valence-electron chi connectivity index (χ3n) is 13.1. The van der Waals surface area contributed by atoms with Crippen molar-refractivity contribution in [3.8, 4) is 0 Å². The van der Waals surface area contributed by atoms with Crippen molar-refractivity contribution in [1.29, 1.82) is 0 Å². The Bertz CT molecular complexity index is 1080. The van der Waals surface area contributed by atoms with Crippen LogP contribution in [0.4, 0.5) is 0 Å². The average Bonchev–Trinajstić information content (AvgIpc) is 3.22. The van der Waals surface area contributed by atoms with Gasteiger partial charge >= 0.3 is 5.97 Å². The summed E-state index contributed by atoms with van der Waals surface area (Å²) in [5.41, 5.74) is 4.31. The van der Waals surface area contributed by atoms with E-state index in [0.717, 1.165) is 44.9 Å². The minimum atomic E-state index is -0.554. The third kappa shape index (κ3) is 2.78. The zero-order chi connectivity index (χ0) is 25.2. The van der Waals surface area contributed by atoms with E-state index in [4.69, 9.17) is 9.98 Å². The molecule has 5 aliphatic carbocycles. The predicted octanol–water partition coefficient (Wildman–Crippen LogP) is 7.34. The molecule has 4 nitrogen and oxygen atoms in total. The molecule has 6 aliphatic rings. The van der Waals surface area contributed by atoms with Crippen molar-refractivity contribution in [3.05, 3.63) is 11.6 Å². The third-order valence-corrected chi connectivity index (χ3v) is 13.1. The maximum Gasteiger partial charge on any atom is 0.310 e. The normalized spacial score (nSPS) is 49.2. The Morgan fingerprint density at radius 2 is 1.66 bits per heavy atom. The Balaban J connectivity index is 1.46. The molecule has 0 amide bonds. The van der Waals surface area contributed by atoms with Crippen molar-refractivity contribution < 1.29 is 9.90 Å². The highest BCUT2D eigenvalue weighted by Crippen LogP contribution is 2.75. The Morgan fingerprint density at radius 3 is 2.37 bits per heavy atom. The fourth-order valence-corrected chi connectivity index (χ4v) is 11.0. The van der Waals surface area contributed by atoms with E-state index in [1.54, 1.807) is 0 Å². The van der Waals surface area contributed by atoms with Crippen LogP contribution in [0.1, 0.15) is 106 Å². The van der Waals surface area contributed by atoms with Crippen LogP contribution in [0.2, 0.25) is 0 Å². The maximum atomic E-state index is 12.8. The van der Waals surface area contributed by atoms with Crippen molar-refractivity contribution in [1.82, 2.24) is 0 Å². The second kappa shape index (κ2) is 6.90. The second-order valence-electron chi connectivity index (χ2n) is 15.3. The van der Waals surface area contributed by atoms with Gasteiger partial charge in [-0.05, 0) is 97.2 Å². The van der Waals surface area contributed by atoms with Gasteiger partial charge in [-0.2, -0.15) is 0 Å². The summed E-state index contributed by atoms with van der Waals surface area (Å²) in [7, 11) is 0. The van der Waals surface area contributed by atoms with Crippen LogP contribution in [0.3, 0.4) is 0 Å². The van der Waals surface area contributed by atoms with Gasteiger partial charge < -0.3 is 5.11 Å². The molecule has 7 atom stereocenters. The molecule has 4 fully saturated rings. The molecule has 0 aromatic heterocycles. The van der Waals surface area contributed by atoms with Crippen molar-refractivity contribution in [2.75, 3.05) is 6.67 Å². The number of nitrogens with zero attached hydrogens (tertiary/aromatic N) is 2. The molecule has 192 valence electrons. The highest BCUT2D eigenvalue weighted by molar-refractivity contribution is 6.45. The molecule has 0 aromatic rings. The quantitative estimate of drug-likeness (QED) is 0.401. The molecule has 0 aromatic carbocycles. The van der Waals surface area contributed by atoms with E-state index in [2.05, 4.69) is 54.5 Å². The molecule has 1 heterocycles. The highest BCUT2D eigenvalue weighted by Gasteiger charge is 2.69. The lowest BCUT2D eigenvalue weighted by Crippen LogP contribution is -2.65. The molecule has 0 bridgehead atoms. The van der Waals surface area contributed by atoms with Crippen LogP contribution in [0.25, 0.3) is 0 Å². The minimum absolute atomic E-state index is 0.0764. The first-order valence-corrected chi connectivity index (χ1v) is 14.2. The van der Waals surface area contributed by atoms with Crippen LogP contribution in [0, 0.1) is 50.2 Å². The zero-order valence-electron chi connectivity index (χ0n) is 23.1. The Labute approximate surface area is 212 Å². The Morgan fingerprint density at radius 1 is 0.943 bits per heavy atom. The van der Waals surface area contributed by atoms with Gasteiger partial charge in [-0.3, -0.25) is 14.8 Å². The van der Waals surface area contributed by atoms with Gasteiger partial charge in [0.1, 0.15) is 6.67 Å². The van der Waals surface area contributed by atoms with E-state index < -0.39 is 11.4 Å². The van der Waals surface area contributed by atoms with Crippen LogP contribution < -0.4 is 0 Å². The van der Waals surface area contributed by atoms with E-state index in [1.807, 2.05) is 0 Å². The number of hydrogen-bond acceptors (Lipinski definition) is 3. The van der Waals surface area contributed by atoms with Gasteiger partial charge in [0.2, 0.25) is 0 Å². The first-order valence-electron chi connectivity index (χ1n) is 14.2. The molecule has 1 N–H and O–H groups in total. The standard InChI is InChI=1S/C31H46N2O2/c1-26(2)12-14-31(25(34)35)15-13-29(6)19(20(31)16-26)8-9-23-28(5)17-21-24(33-18-32-21)27(3,4)22(28)10-11-30(23,29)7/h8,20,22-23H,9-18H2,1-7H3,(H,34,35)/t20?,22?,23?,28-,29+,30+,31-/m0/s1. The number of aliphatic imine (C=N–C) groups is 2. The monoisotopic (exact) mass is 478 g/mol. The van der Waals surface area contributed by atoms with Crippen LogP contribution in [0.5, 0.6) is 0 Å². The fraction of sp³-hybridized carbons (Fsp3) is 0.839. The van der Waals surface area contributed by atoms with Gasteiger partial charge in [-0.15, -0.1) is 0 Å². The van der Waals surface area contributed by atoms with E-state index >= 15 is 0 Å². The SMILES string of the molecule is CC1(C)CC[C@]2(C(=O)O)CC[C@]3(C)C(=CCC4[C@@]5(C)CC6=NCN=C6C(C)(C)C5CC[C@]43C)C2C1. The number of hydrogen-bond donors (Lipinski definition) is 1. The van der Waals surface area contributed by atoms with Gasteiger partial charge in [0.15, 0.2) is 0 Å². The lowest BCUT2D eigenvalue weighted by Gasteiger charge is -2.70. The molecule has 4 saturated carbocycles. The molecule has 0 saturated heterocycles. The van der Waals surface area contributed by atoms with Crippen LogP contribution in [-0.4, -0.2) is 29.2 Å². The first kappa shape index (κ1) is 23.9. The molecule has 6 rings (SSSR count). The van der Waals surface area contributed by atoms with Crippen molar-refractivity contribution in [3.63, 3.8) is 0 Å². The molecule has 3 unspecified atom stereocenters. The van der Waals surface area contributed by atoms with Crippen molar-refractivity contribution in [2.24, 2.45) is 60.2 Å². The lowest BCUT2D eigenvalue weighted by molar-refractivity contribution is -0.175. The fourth-order valence-electron chi connectivity index (χ4n) is 11.0. The van der Waals surface area contributed by atoms with E-state index in [0.29, 0.717) is 18.5 Å². The number of fused-ring (bicyclic) bond motifs is 8. The first-order chi connectivity index (χ1) is 16.2. The highest BCUT2D eigenvalue weighted by atomic mass is 16.4. The van der Waals surface area contributed by atoms with Gasteiger partial charge in [-0.1, -0.05) is 60.1 Å². The Hall–Kier alpha value is -1.45. The summed E-state index contributed by atoms with van der Waals surface area (Å²) in [6.07, 6.45) is 12.0. The average molecular weight is 479 g/mol. The molecule has 0 spiro atoms. The smallest absolute Gasteiger partial charge is 0.310 e. The zero-order valence-corrected chi connectivity index (χ0v) is 23.1. The number of carboxylic acid groups (broad SMARTS) is 1. The summed E-state index contributed by atoms with van der Waals surface area (Å²) in [5.74, 6) is 0.869. The summed E-state index contributed by atoms with van der Waals surface area (Å²) in [4.78, 5) is 22.6. The summed E-state index contributed by atoms with van der Waals surface area (Å²) in [6, 6.07) is 0. The number of carboxylic acids is 1. The number of allylic oxidation sites excluding steroid dienone is 2. The van der Waals surface area contributed by atoms with Crippen molar-refractivity contribution in [2.45, 2.75) is 106 Å². The van der Waals surface area contributed by atoms with Gasteiger partial charge in [0.25, 0.3) is 0 Å². The van der Waals surface area contributed by atoms with Gasteiger partial charge in [0, 0.05) is 5.41 Å². The van der Waals surface area contributed by atoms with Crippen molar-refractivity contribution >= 4 is 17.4 Å². The number of carbonyl (C=O) groups is 1. The van der Waals surface area contributed by atoms with E-state index in [1.165, 1.54) is 29.8 Å². The summed E-state index contributed by atoms with van der Waals surface area (Å²) in [6.45, 7) is 17.9. The van der Waals surface area contributed by atoms with Crippen LogP contribution in [-0.2, 0) is 4.79 Å². The van der Waals surface area contributed by atoms with E-state index in [9.17, 15) is 9.90 Å². The lowest BCUT2D eigenvalue weighted by atomic mass is 9.33. The number of rotatable bonds is 1. The predicted molar refractivity (Wildman–Crippen MR) is 142 cm³/mol. The molecular weight excluding hydrogens is 432 g/mol. The van der Waals surface area contributed by atoms with Crippen LogP contribution in [0.15, 0.2) is 21.6 Å². The number of aliphatic carboxylic acids is 1. The topological polar surface area (TPSA) is 62.0 Å².